The minimum Gasteiger partial charge on any atom is -0.497 e. The second kappa shape index (κ2) is 9.29. The number of morpholine rings is 1. The predicted octanol–water partition coefficient (Wildman–Crippen LogP) is 2.98. The summed E-state index contributed by atoms with van der Waals surface area (Å²) < 4.78 is 10.8. The van der Waals surface area contributed by atoms with E-state index in [4.69, 9.17) is 15.2 Å². The number of hydrogen-bond donors (Lipinski definition) is 2. The van der Waals surface area contributed by atoms with Crippen LogP contribution in [-0.4, -0.2) is 50.8 Å². The smallest absolute Gasteiger partial charge is 0.193 e. The first kappa shape index (κ1) is 19.7. The number of nitrogens with one attached hydrogen (secondary N) is 1. The Balaban J connectivity index is 1.47. The second-order valence-corrected chi connectivity index (χ2v) is 7.63. The highest BCUT2D eigenvalue weighted by atomic mass is 16.5. The first-order valence-corrected chi connectivity index (χ1v) is 10.4. The Morgan fingerprint density at radius 1 is 1.14 bits per heavy atom. The van der Waals surface area contributed by atoms with Gasteiger partial charge in [-0.15, -0.1) is 0 Å². The van der Waals surface area contributed by atoms with Crippen LogP contribution >= 0.6 is 0 Å². The van der Waals surface area contributed by atoms with Gasteiger partial charge in [-0.1, -0.05) is 18.2 Å². The number of aliphatic imine (C=N–C) groups is 1. The Morgan fingerprint density at radius 3 is 2.66 bits per heavy atom. The molecule has 1 unspecified atom stereocenters. The fourth-order valence-corrected chi connectivity index (χ4v) is 4.17. The molecule has 1 aliphatic heterocycles. The molecule has 154 valence electrons. The van der Waals surface area contributed by atoms with Crippen LogP contribution in [0.3, 0.4) is 0 Å². The summed E-state index contributed by atoms with van der Waals surface area (Å²) >= 11 is 0. The molecule has 1 aliphatic carbocycles. The van der Waals surface area contributed by atoms with Crippen molar-refractivity contribution in [2.45, 2.75) is 25.3 Å². The number of nitrogens with two attached hydrogens (primary N) is 1. The third kappa shape index (κ3) is 4.89. The molecule has 0 radical (unpaired) electrons. The van der Waals surface area contributed by atoms with E-state index in [1.165, 1.54) is 29.5 Å². The van der Waals surface area contributed by atoms with Crippen LogP contribution in [0.4, 0.5) is 5.69 Å². The number of rotatable bonds is 6. The van der Waals surface area contributed by atoms with E-state index in [0.717, 1.165) is 44.2 Å². The average molecular weight is 395 g/mol. The molecule has 6 nitrogen and oxygen atoms in total. The number of nitrogens with zero attached hydrogens (tertiary/aromatic N) is 2. The number of hydrogen-bond acceptors (Lipinski definition) is 4. The number of methoxy groups -OCH3 is 1. The van der Waals surface area contributed by atoms with E-state index >= 15 is 0 Å². The number of fused-ring (bicyclic) bond motifs is 1. The van der Waals surface area contributed by atoms with E-state index in [0.29, 0.717) is 12.5 Å². The van der Waals surface area contributed by atoms with E-state index in [2.05, 4.69) is 45.5 Å². The molecule has 29 heavy (non-hydrogen) atoms. The van der Waals surface area contributed by atoms with Gasteiger partial charge in [0.25, 0.3) is 0 Å². The molecular formula is C23H30N4O2. The largest absolute Gasteiger partial charge is 0.497 e. The Kier molecular flexibility index (Phi) is 6.32. The number of ether oxygens (including phenoxy) is 2. The topological polar surface area (TPSA) is 72.1 Å². The minimum absolute atomic E-state index is 0.158. The maximum Gasteiger partial charge on any atom is 0.193 e. The Bertz CT molecular complexity index is 844. The van der Waals surface area contributed by atoms with Gasteiger partial charge in [-0.25, -0.2) is 0 Å². The Labute approximate surface area is 172 Å². The summed E-state index contributed by atoms with van der Waals surface area (Å²) in [6.45, 7) is 3.88. The van der Waals surface area contributed by atoms with Gasteiger partial charge in [-0.2, -0.15) is 0 Å². The van der Waals surface area contributed by atoms with Crippen molar-refractivity contribution in [2.75, 3.05) is 45.3 Å². The van der Waals surface area contributed by atoms with Gasteiger partial charge in [0.1, 0.15) is 5.75 Å². The van der Waals surface area contributed by atoms with Crippen molar-refractivity contribution < 1.29 is 9.47 Å². The summed E-state index contributed by atoms with van der Waals surface area (Å²) in [5, 5.41) is 3.26. The molecule has 2 aromatic carbocycles. The van der Waals surface area contributed by atoms with Crippen molar-refractivity contribution in [1.29, 1.82) is 0 Å². The molecular weight excluding hydrogens is 364 g/mol. The monoisotopic (exact) mass is 394 g/mol. The maximum absolute atomic E-state index is 6.23. The fraction of sp³-hybridized carbons (Fsp3) is 0.435. The van der Waals surface area contributed by atoms with Crippen molar-refractivity contribution in [1.82, 2.24) is 4.90 Å². The standard InChI is InChI=1S/C23H30N4O2/c1-28-21-9-6-18(7-10-21)22(27-11-13-29-14-12-27)16-25-23(24)26-20-8-5-17-3-2-4-19(17)15-20/h5-10,15,22H,2-4,11-14,16H2,1H3,(H3,24,25,26). The third-order valence-electron chi connectivity index (χ3n) is 5.79. The van der Waals surface area contributed by atoms with E-state index in [-0.39, 0.29) is 6.04 Å². The minimum atomic E-state index is 0.158. The van der Waals surface area contributed by atoms with Gasteiger partial charge in [-0.3, -0.25) is 9.89 Å². The molecule has 0 saturated carbocycles. The van der Waals surface area contributed by atoms with Crippen molar-refractivity contribution in [3.05, 3.63) is 59.2 Å². The summed E-state index contributed by atoms with van der Waals surface area (Å²) in [6, 6.07) is 14.9. The van der Waals surface area contributed by atoms with Gasteiger partial charge in [-0.05, 0) is 60.2 Å². The van der Waals surface area contributed by atoms with Gasteiger partial charge in [0.05, 0.1) is 32.9 Å². The predicted molar refractivity (Wildman–Crippen MR) is 117 cm³/mol. The molecule has 4 rings (SSSR count). The van der Waals surface area contributed by atoms with Crippen LogP contribution in [0.15, 0.2) is 47.5 Å². The van der Waals surface area contributed by atoms with Crippen molar-refractivity contribution in [3.63, 3.8) is 0 Å². The average Bonchev–Trinajstić information content (AvgIpc) is 3.23. The highest BCUT2D eigenvalue weighted by molar-refractivity contribution is 5.92. The fourth-order valence-electron chi connectivity index (χ4n) is 4.17. The second-order valence-electron chi connectivity index (χ2n) is 7.63. The molecule has 0 aromatic heterocycles. The number of anilines is 1. The highest BCUT2D eigenvalue weighted by Crippen LogP contribution is 2.26. The van der Waals surface area contributed by atoms with Crippen molar-refractivity contribution in [2.24, 2.45) is 10.7 Å². The maximum atomic E-state index is 6.23. The molecule has 0 bridgehead atoms. The lowest BCUT2D eigenvalue weighted by Gasteiger charge is -2.34. The van der Waals surface area contributed by atoms with Crippen molar-refractivity contribution in [3.8, 4) is 5.75 Å². The van der Waals surface area contributed by atoms with E-state index in [1.807, 2.05) is 12.1 Å². The Morgan fingerprint density at radius 2 is 1.90 bits per heavy atom. The lowest BCUT2D eigenvalue weighted by Crippen LogP contribution is -2.40. The molecule has 2 aliphatic rings. The molecule has 2 aromatic rings. The Hall–Kier alpha value is -2.57. The summed E-state index contributed by atoms with van der Waals surface area (Å²) in [5.41, 5.74) is 11.3. The molecule has 0 spiro atoms. The van der Waals surface area contributed by atoms with E-state index in [9.17, 15) is 0 Å². The third-order valence-corrected chi connectivity index (χ3v) is 5.79. The van der Waals surface area contributed by atoms with Gasteiger partial charge in [0.15, 0.2) is 5.96 Å². The zero-order chi connectivity index (χ0) is 20.1. The number of guanidine groups is 1. The molecule has 1 heterocycles. The molecule has 6 heteroatoms. The molecule has 1 saturated heterocycles. The zero-order valence-electron chi connectivity index (χ0n) is 17.1. The summed E-state index contributed by atoms with van der Waals surface area (Å²) in [7, 11) is 1.68. The van der Waals surface area contributed by atoms with Crippen LogP contribution in [0.1, 0.15) is 29.2 Å². The van der Waals surface area contributed by atoms with Crippen LogP contribution in [-0.2, 0) is 17.6 Å². The summed E-state index contributed by atoms with van der Waals surface area (Å²) in [4.78, 5) is 7.09. The van der Waals surface area contributed by atoms with Gasteiger partial charge in [0.2, 0.25) is 0 Å². The lowest BCUT2D eigenvalue weighted by molar-refractivity contribution is 0.0180. The van der Waals surface area contributed by atoms with Gasteiger partial charge < -0.3 is 20.5 Å². The van der Waals surface area contributed by atoms with Gasteiger partial charge >= 0.3 is 0 Å². The SMILES string of the molecule is COc1ccc(C(CN=C(N)Nc2ccc3c(c2)CCC3)N2CCOCC2)cc1. The van der Waals surface area contributed by atoms with Crippen LogP contribution < -0.4 is 15.8 Å². The molecule has 1 atom stereocenters. The number of benzene rings is 2. The number of aryl methyl sites for hydroxylation is 2. The van der Waals surface area contributed by atoms with Crippen LogP contribution in [0, 0.1) is 0 Å². The molecule has 1 fully saturated rings. The lowest BCUT2D eigenvalue weighted by atomic mass is 10.0. The van der Waals surface area contributed by atoms with Crippen LogP contribution in [0.2, 0.25) is 0 Å². The summed E-state index contributed by atoms with van der Waals surface area (Å²) in [5.74, 6) is 1.31. The summed E-state index contributed by atoms with van der Waals surface area (Å²) in [6.07, 6.45) is 3.58. The van der Waals surface area contributed by atoms with Gasteiger partial charge in [0, 0.05) is 18.8 Å². The molecule has 0 amide bonds. The first-order chi connectivity index (χ1) is 14.2. The highest BCUT2D eigenvalue weighted by Gasteiger charge is 2.22. The normalized spacial score (nSPS) is 18.3. The first-order valence-electron chi connectivity index (χ1n) is 10.4. The van der Waals surface area contributed by atoms with Crippen LogP contribution in [0.25, 0.3) is 0 Å². The molecule has 3 N–H and O–H groups in total. The van der Waals surface area contributed by atoms with E-state index < -0.39 is 0 Å². The van der Waals surface area contributed by atoms with E-state index in [1.54, 1.807) is 7.11 Å². The quantitative estimate of drug-likeness (QED) is 0.582. The van der Waals surface area contributed by atoms with Crippen LogP contribution in [0.5, 0.6) is 5.75 Å². The zero-order valence-corrected chi connectivity index (χ0v) is 17.1. The van der Waals surface area contributed by atoms with Crippen molar-refractivity contribution >= 4 is 11.6 Å².